The molecular formula is C30H24N2O6S. The van der Waals surface area contributed by atoms with Gasteiger partial charge in [0, 0.05) is 5.56 Å². The van der Waals surface area contributed by atoms with Crippen LogP contribution in [-0.2, 0) is 31.1 Å². The lowest BCUT2D eigenvalue weighted by Crippen LogP contribution is -2.37. The summed E-state index contributed by atoms with van der Waals surface area (Å²) in [5.41, 5.74) is 1.84. The summed E-state index contributed by atoms with van der Waals surface area (Å²) < 4.78 is 31.9. The van der Waals surface area contributed by atoms with E-state index < -0.39 is 40.0 Å². The maximum Gasteiger partial charge on any atom is 0.339 e. The number of amides is 2. The predicted molar refractivity (Wildman–Crippen MR) is 143 cm³/mol. The number of imide groups is 1. The van der Waals surface area contributed by atoms with Crippen LogP contribution in [0.3, 0.4) is 0 Å². The highest BCUT2D eigenvalue weighted by Crippen LogP contribution is 2.49. The minimum Gasteiger partial charge on any atom is -0.379 e. The molecule has 6 rings (SSSR count). The number of carbonyl (C=O) groups excluding carboxylic acids is 2. The van der Waals surface area contributed by atoms with Crippen molar-refractivity contribution in [3.63, 3.8) is 0 Å². The lowest BCUT2D eigenvalue weighted by Gasteiger charge is -2.29. The molecule has 0 spiro atoms. The maximum atomic E-state index is 13.8. The number of nitrogens with zero attached hydrogens (tertiary/aromatic N) is 2. The molecule has 0 aliphatic carbocycles. The number of carbonyl (C=O) groups is 2. The van der Waals surface area contributed by atoms with Gasteiger partial charge in [-0.2, -0.15) is 8.42 Å². The number of hydrogen-bond donors (Lipinski definition) is 0. The summed E-state index contributed by atoms with van der Waals surface area (Å²) in [6.07, 6.45) is -1.06. The highest BCUT2D eigenvalue weighted by atomic mass is 32.2. The summed E-state index contributed by atoms with van der Waals surface area (Å²) in [5, 5.41) is 1.52. The van der Waals surface area contributed by atoms with Gasteiger partial charge in [0.25, 0.3) is 5.91 Å². The molecule has 0 aromatic heterocycles. The monoisotopic (exact) mass is 540 g/mol. The van der Waals surface area contributed by atoms with Crippen LogP contribution in [0.1, 0.15) is 17.2 Å². The number of para-hydroxylation sites is 2. The number of rotatable bonds is 7. The summed E-state index contributed by atoms with van der Waals surface area (Å²) in [5.74, 6) is -1.69. The van der Waals surface area contributed by atoms with Gasteiger partial charge in [-0.15, -0.1) is 0 Å². The molecule has 0 bridgehead atoms. The molecule has 4 aromatic rings. The first-order valence-corrected chi connectivity index (χ1v) is 13.8. The van der Waals surface area contributed by atoms with Crippen LogP contribution in [0.25, 0.3) is 0 Å². The van der Waals surface area contributed by atoms with E-state index in [1.807, 2.05) is 48.5 Å². The Labute approximate surface area is 226 Å². The van der Waals surface area contributed by atoms with E-state index in [1.54, 1.807) is 48.5 Å². The van der Waals surface area contributed by atoms with Crippen LogP contribution in [0.2, 0.25) is 0 Å². The fourth-order valence-corrected chi connectivity index (χ4v) is 6.04. The zero-order chi connectivity index (χ0) is 27.0. The molecule has 0 radical (unpaired) electrons. The van der Waals surface area contributed by atoms with Gasteiger partial charge in [0.2, 0.25) is 5.91 Å². The molecule has 2 heterocycles. The quantitative estimate of drug-likeness (QED) is 0.252. The van der Waals surface area contributed by atoms with Crippen molar-refractivity contribution in [1.29, 1.82) is 0 Å². The third kappa shape index (κ3) is 4.56. The smallest absolute Gasteiger partial charge is 0.339 e. The van der Waals surface area contributed by atoms with Gasteiger partial charge in [-0.25, -0.2) is 5.06 Å². The number of anilines is 1. The minimum atomic E-state index is -4.17. The van der Waals surface area contributed by atoms with Crippen LogP contribution in [0.5, 0.6) is 5.75 Å². The van der Waals surface area contributed by atoms with Gasteiger partial charge in [0.15, 0.2) is 6.10 Å². The topological polar surface area (TPSA) is 93.2 Å². The van der Waals surface area contributed by atoms with Crippen LogP contribution in [0, 0.1) is 5.92 Å². The van der Waals surface area contributed by atoms with E-state index in [9.17, 15) is 18.0 Å². The third-order valence-corrected chi connectivity index (χ3v) is 8.12. The van der Waals surface area contributed by atoms with Crippen molar-refractivity contribution < 1.29 is 27.0 Å². The predicted octanol–water partition coefficient (Wildman–Crippen LogP) is 4.50. The second-order valence-corrected chi connectivity index (χ2v) is 10.8. The van der Waals surface area contributed by atoms with E-state index >= 15 is 0 Å². The molecule has 2 amide bonds. The molecule has 2 aliphatic heterocycles. The normalized spacial score (nSPS) is 20.8. The molecule has 2 aliphatic rings. The Morgan fingerprint density at radius 1 is 0.718 bits per heavy atom. The zero-order valence-electron chi connectivity index (χ0n) is 20.7. The molecule has 39 heavy (non-hydrogen) atoms. The molecule has 0 unspecified atom stereocenters. The fraction of sp³-hybridized carbons (Fsp3) is 0.133. The van der Waals surface area contributed by atoms with E-state index in [4.69, 9.17) is 9.02 Å². The third-order valence-electron chi connectivity index (χ3n) is 6.87. The van der Waals surface area contributed by atoms with Crippen molar-refractivity contribution >= 4 is 27.6 Å². The number of hydrogen-bond acceptors (Lipinski definition) is 7. The Morgan fingerprint density at radius 2 is 1.31 bits per heavy atom. The average molecular weight is 541 g/mol. The Morgan fingerprint density at radius 3 is 2.00 bits per heavy atom. The second kappa shape index (κ2) is 10.0. The van der Waals surface area contributed by atoms with E-state index in [0.717, 1.165) is 5.56 Å². The average Bonchev–Trinajstić information content (AvgIpc) is 3.46. The molecule has 3 atom stereocenters. The zero-order valence-corrected chi connectivity index (χ0v) is 21.5. The van der Waals surface area contributed by atoms with Crippen molar-refractivity contribution in [2.24, 2.45) is 5.92 Å². The molecule has 2 saturated heterocycles. The summed E-state index contributed by atoms with van der Waals surface area (Å²) in [7, 11) is -4.17. The van der Waals surface area contributed by atoms with Gasteiger partial charge >= 0.3 is 10.1 Å². The van der Waals surface area contributed by atoms with Crippen LogP contribution >= 0.6 is 0 Å². The first-order valence-electron chi connectivity index (χ1n) is 12.4. The molecule has 0 N–H and O–H groups in total. The van der Waals surface area contributed by atoms with Crippen molar-refractivity contribution in [2.45, 2.75) is 23.6 Å². The SMILES string of the molecule is O=C1[C@H]2[C@H](ON(c3ccccc3)[C@H]2c2ccccc2OS(=O)(=O)c2ccccc2)C(=O)N1Cc1ccccc1. The number of benzene rings is 4. The lowest BCUT2D eigenvalue weighted by atomic mass is 9.90. The molecule has 2 fully saturated rings. The van der Waals surface area contributed by atoms with Crippen molar-refractivity contribution in [3.05, 3.63) is 126 Å². The van der Waals surface area contributed by atoms with Crippen molar-refractivity contribution in [3.8, 4) is 5.75 Å². The Kier molecular flexibility index (Phi) is 6.38. The van der Waals surface area contributed by atoms with E-state index in [2.05, 4.69) is 0 Å². The molecule has 8 nitrogen and oxygen atoms in total. The van der Waals surface area contributed by atoms with Crippen molar-refractivity contribution in [1.82, 2.24) is 4.90 Å². The standard InChI is InChI=1S/C30H24N2O6S/c33-29-26-27(24-18-10-11-19-25(24)38-39(35,36)23-16-8-3-9-17-23)32(22-14-6-2-7-15-22)37-28(26)30(34)31(29)20-21-12-4-1-5-13-21/h1-19,26-28H,20H2/t26-,27+,28+/m1/s1. The summed E-state index contributed by atoms with van der Waals surface area (Å²) >= 11 is 0. The highest BCUT2D eigenvalue weighted by Gasteiger charge is 2.60. The van der Waals surface area contributed by atoms with Gasteiger partial charge < -0.3 is 4.18 Å². The van der Waals surface area contributed by atoms with Crippen LogP contribution in [0.15, 0.2) is 120 Å². The van der Waals surface area contributed by atoms with E-state index in [1.165, 1.54) is 28.2 Å². The maximum absolute atomic E-state index is 13.8. The van der Waals surface area contributed by atoms with Crippen molar-refractivity contribution in [2.75, 3.05) is 5.06 Å². The van der Waals surface area contributed by atoms with Gasteiger partial charge in [-0.05, 0) is 35.9 Å². The van der Waals surface area contributed by atoms with Gasteiger partial charge in [-0.1, -0.05) is 84.9 Å². The Hall–Kier alpha value is -4.47. The number of fused-ring (bicyclic) bond motifs is 1. The first-order chi connectivity index (χ1) is 18.9. The highest BCUT2D eigenvalue weighted by molar-refractivity contribution is 7.87. The van der Waals surface area contributed by atoms with Gasteiger partial charge in [-0.3, -0.25) is 19.3 Å². The summed E-state index contributed by atoms with van der Waals surface area (Å²) in [6.45, 7) is 0.119. The van der Waals surface area contributed by atoms with E-state index in [-0.39, 0.29) is 17.2 Å². The number of hydroxylamine groups is 1. The Balaban J connectivity index is 1.41. The molecule has 196 valence electrons. The summed E-state index contributed by atoms with van der Waals surface area (Å²) in [4.78, 5) is 34.7. The largest absolute Gasteiger partial charge is 0.379 e. The fourth-order valence-electron chi connectivity index (χ4n) is 5.06. The minimum absolute atomic E-state index is 0.00132. The lowest BCUT2D eigenvalue weighted by molar-refractivity contribution is -0.143. The first kappa shape index (κ1) is 24.8. The Bertz CT molecular complexity index is 1610. The van der Waals surface area contributed by atoms with E-state index in [0.29, 0.717) is 11.3 Å². The van der Waals surface area contributed by atoms with Crippen LogP contribution in [-0.4, -0.2) is 31.2 Å². The van der Waals surface area contributed by atoms with Gasteiger partial charge in [0.1, 0.15) is 16.6 Å². The molecular weight excluding hydrogens is 516 g/mol. The summed E-state index contributed by atoms with van der Waals surface area (Å²) in [6, 6.07) is 32.0. The molecule has 9 heteroatoms. The molecule has 4 aromatic carbocycles. The van der Waals surface area contributed by atoms with Crippen LogP contribution in [0.4, 0.5) is 5.69 Å². The molecule has 0 saturated carbocycles. The van der Waals surface area contributed by atoms with Crippen LogP contribution < -0.4 is 9.25 Å². The number of likely N-dealkylation sites (tertiary alicyclic amines) is 1. The second-order valence-electron chi connectivity index (χ2n) is 9.29. The van der Waals surface area contributed by atoms with Gasteiger partial charge in [0.05, 0.1) is 18.3 Å².